The fraction of sp³-hybridized carbons (Fsp3) is 0.556. The fourth-order valence-corrected chi connectivity index (χ4v) is 1.66. The van der Waals surface area contributed by atoms with E-state index in [1.165, 1.54) is 11.3 Å². The Labute approximate surface area is 96.1 Å². The van der Waals surface area contributed by atoms with Gasteiger partial charge in [0.05, 0.1) is 5.01 Å². The van der Waals surface area contributed by atoms with Crippen LogP contribution in [0.5, 0.6) is 0 Å². The van der Waals surface area contributed by atoms with Gasteiger partial charge in [-0.1, -0.05) is 22.9 Å². The molecule has 0 radical (unpaired) electrons. The molecule has 1 amide bonds. The molecule has 1 unspecified atom stereocenters. The summed E-state index contributed by atoms with van der Waals surface area (Å²) in [7, 11) is 0. The van der Waals surface area contributed by atoms with Gasteiger partial charge in [-0.05, 0) is 13.3 Å². The second-order valence-electron chi connectivity index (χ2n) is 2.97. The Balaban J connectivity index is 2.43. The van der Waals surface area contributed by atoms with E-state index in [2.05, 4.69) is 33.2 Å². The van der Waals surface area contributed by atoms with Crippen molar-refractivity contribution in [2.75, 3.05) is 6.54 Å². The van der Waals surface area contributed by atoms with Crippen LogP contribution in [0.3, 0.4) is 0 Å². The number of alkyl halides is 1. The summed E-state index contributed by atoms with van der Waals surface area (Å²) >= 11 is 4.94. The number of carbonyl (C=O) groups is 1. The number of aromatic nitrogens is 1. The van der Waals surface area contributed by atoms with Gasteiger partial charge < -0.3 is 5.32 Å². The molecule has 0 spiro atoms. The molecule has 1 atom stereocenters. The van der Waals surface area contributed by atoms with E-state index in [-0.39, 0.29) is 5.91 Å². The number of carbonyl (C=O) groups excluding carboxylic acids is 1. The number of amides is 1. The Kier molecular flexibility index (Phi) is 4.54. The van der Waals surface area contributed by atoms with Crippen molar-refractivity contribution in [3.8, 4) is 0 Å². The number of aryl methyl sites for hydroxylation is 1. The van der Waals surface area contributed by atoms with Crippen LogP contribution in [0.25, 0.3) is 0 Å². The maximum atomic E-state index is 11.5. The smallest absolute Gasteiger partial charge is 0.270 e. The van der Waals surface area contributed by atoms with Gasteiger partial charge in [-0.3, -0.25) is 4.79 Å². The Morgan fingerprint density at radius 3 is 3.00 bits per heavy atom. The van der Waals surface area contributed by atoms with Gasteiger partial charge >= 0.3 is 0 Å². The van der Waals surface area contributed by atoms with Crippen molar-refractivity contribution in [2.45, 2.75) is 25.1 Å². The molecule has 5 heteroatoms. The van der Waals surface area contributed by atoms with Crippen LogP contribution >= 0.6 is 27.3 Å². The van der Waals surface area contributed by atoms with Gasteiger partial charge in [0.25, 0.3) is 5.91 Å². The quantitative estimate of drug-likeness (QED) is 0.858. The lowest BCUT2D eigenvalue weighted by Crippen LogP contribution is -2.29. The third kappa shape index (κ3) is 3.38. The number of hydrogen-bond acceptors (Lipinski definition) is 3. The van der Waals surface area contributed by atoms with Crippen LogP contribution in [0.4, 0.5) is 0 Å². The highest BCUT2D eigenvalue weighted by Gasteiger charge is 2.09. The molecule has 1 aromatic rings. The summed E-state index contributed by atoms with van der Waals surface area (Å²) in [6, 6.07) is 0. The lowest BCUT2D eigenvalue weighted by Gasteiger charge is -2.06. The molecule has 0 bridgehead atoms. The normalized spacial score (nSPS) is 12.5. The van der Waals surface area contributed by atoms with Crippen LogP contribution < -0.4 is 5.32 Å². The minimum atomic E-state index is -0.0905. The van der Waals surface area contributed by atoms with Crippen LogP contribution in [-0.4, -0.2) is 22.3 Å². The summed E-state index contributed by atoms with van der Waals surface area (Å²) in [5.74, 6) is -0.0905. The van der Waals surface area contributed by atoms with Crippen molar-refractivity contribution in [3.05, 3.63) is 16.1 Å². The number of nitrogens with one attached hydrogen (secondary N) is 1. The SMILES string of the molecule is CCC(Br)CNC(=O)c1csc(C)n1. The van der Waals surface area contributed by atoms with E-state index in [0.29, 0.717) is 17.1 Å². The number of rotatable bonds is 4. The van der Waals surface area contributed by atoms with Gasteiger partial charge in [0.2, 0.25) is 0 Å². The highest BCUT2D eigenvalue weighted by Crippen LogP contribution is 2.08. The minimum Gasteiger partial charge on any atom is -0.350 e. The van der Waals surface area contributed by atoms with Crippen LogP contribution in [-0.2, 0) is 0 Å². The molecule has 1 heterocycles. The largest absolute Gasteiger partial charge is 0.350 e. The molecule has 1 rings (SSSR count). The van der Waals surface area contributed by atoms with E-state index < -0.39 is 0 Å². The van der Waals surface area contributed by atoms with Gasteiger partial charge in [0.1, 0.15) is 5.69 Å². The zero-order valence-corrected chi connectivity index (χ0v) is 10.6. The molecule has 0 saturated heterocycles. The molecule has 0 aliphatic heterocycles. The molecule has 78 valence electrons. The first-order valence-corrected chi connectivity index (χ1v) is 6.27. The molecule has 14 heavy (non-hydrogen) atoms. The molecular formula is C9H13BrN2OS. The first-order chi connectivity index (χ1) is 6.63. The second kappa shape index (κ2) is 5.46. The van der Waals surface area contributed by atoms with Crippen molar-refractivity contribution in [2.24, 2.45) is 0 Å². The molecule has 0 aromatic carbocycles. The Morgan fingerprint density at radius 1 is 1.79 bits per heavy atom. The molecule has 1 aromatic heterocycles. The molecule has 0 fully saturated rings. The van der Waals surface area contributed by atoms with Crippen LogP contribution in [0.1, 0.15) is 28.8 Å². The molecule has 0 aliphatic rings. The third-order valence-electron chi connectivity index (χ3n) is 1.78. The van der Waals surface area contributed by atoms with E-state index in [0.717, 1.165) is 11.4 Å². The second-order valence-corrected chi connectivity index (χ2v) is 5.32. The van der Waals surface area contributed by atoms with Crippen molar-refractivity contribution >= 4 is 33.2 Å². The first-order valence-electron chi connectivity index (χ1n) is 4.48. The van der Waals surface area contributed by atoms with Crippen LogP contribution in [0, 0.1) is 6.92 Å². The zero-order valence-electron chi connectivity index (χ0n) is 8.21. The zero-order chi connectivity index (χ0) is 10.6. The number of halogens is 1. The van der Waals surface area contributed by atoms with Gasteiger partial charge in [0, 0.05) is 16.8 Å². The molecule has 0 saturated carbocycles. The van der Waals surface area contributed by atoms with E-state index in [9.17, 15) is 4.79 Å². The predicted octanol–water partition coefficient (Wildman–Crippen LogP) is 2.35. The van der Waals surface area contributed by atoms with E-state index >= 15 is 0 Å². The average Bonchev–Trinajstić information content (AvgIpc) is 2.60. The standard InChI is InChI=1S/C9H13BrN2OS/c1-3-7(10)4-11-9(13)8-5-14-6(2)12-8/h5,7H,3-4H2,1-2H3,(H,11,13). The number of nitrogens with zero attached hydrogens (tertiary/aromatic N) is 1. The highest BCUT2D eigenvalue weighted by molar-refractivity contribution is 9.09. The summed E-state index contributed by atoms with van der Waals surface area (Å²) in [5.41, 5.74) is 0.517. The molecule has 0 aliphatic carbocycles. The lowest BCUT2D eigenvalue weighted by molar-refractivity contribution is 0.0949. The fourth-order valence-electron chi connectivity index (χ4n) is 0.906. The summed E-state index contributed by atoms with van der Waals surface area (Å²) in [5, 5.41) is 5.52. The summed E-state index contributed by atoms with van der Waals surface area (Å²) in [6.07, 6.45) is 0.996. The third-order valence-corrected chi connectivity index (χ3v) is 3.52. The van der Waals surface area contributed by atoms with Gasteiger partial charge in [0.15, 0.2) is 0 Å². The topological polar surface area (TPSA) is 42.0 Å². The van der Waals surface area contributed by atoms with Crippen LogP contribution in [0.15, 0.2) is 5.38 Å². The predicted molar refractivity (Wildman–Crippen MR) is 62.2 cm³/mol. The molecule has 3 nitrogen and oxygen atoms in total. The molecule has 1 N–H and O–H groups in total. The monoisotopic (exact) mass is 276 g/mol. The van der Waals surface area contributed by atoms with Crippen molar-refractivity contribution in [1.82, 2.24) is 10.3 Å². The Hall–Kier alpha value is -0.420. The van der Waals surface area contributed by atoms with Gasteiger partial charge in [-0.15, -0.1) is 11.3 Å². The Bertz CT molecular complexity index is 314. The van der Waals surface area contributed by atoms with Gasteiger partial charge in [-0.2, -0.15) is 0 Å². The van der Waals surface area contributed by atoms with Gasteiger partial charge in [-0.25, -0.2) is 4.98 Å². The summed E-state index contributed by atoms with van der Waals surface area (Å²) in [6.45, 7) is 4.60. The van der Waals surface area contributed by atoms with Crippen molar-refractivity contribution in [3.63, 3.8) is 0 Å². The summed E-state index contributed by atoms with van der Waals surface area (Å²) in [4.78, 5) is 15.9. The average molecular weight is 277 g/mol. The highest BCUT2D eigenvalue weighted by atomic mass is 79.9. The number of hydrogen-bond donors (Lipinski definition) is 1. The van der Waals surface area contributed by atoms with E-state index in [4.69, 9.17) is 0 Å². The number of thiazole rings is 1. The van der Waals surface area contributed by atoms with E-state index in [1.54, 1.807) is 5.38 Å². The van der Waals surface area contributed by atoms with Crippen molar-refractivity contribution < 1.29 is 4.79 Å². The van der Waals surface area contributed by atoms with Crippen molar-refractivity contribution in [1.29, 1.82) is 0 Å². The maximum absolute atomic E-state index is 11.5. The first kappa shape index (κ1) is 11.7. The molecular weight excluding hydrogens is 264 g/mol. The van der Waals surface area contributed by atoms with E-state index in [1.807, 2.05) is 6.92 Å². The lowest BCUT2D eigenvalue weighted by atomic mass is 10.3. The van der Waals surface area contributed by atoms with Crippen LogP contribution in [0.2, 0.25) is 0 Å². The Morgan fingerprint density at radius 2 is 2.50 bits per heavy atom. The summed E-state index contributed by atoms with van der Waals surface area (Å²) < 4.78 is 0. The maximum Gasteiger partial charge on any atom is 0.270 e. The minimum absolute atomic E-state index is 0.0905.